The highest BCUT2D eigenvalue weighted by Crippen LogP contribution is 2.32. The Bertz CT molecular complexity index is 523. The van der Waals surface area contributed by atoms with Crippen LogP contribution in [0.3, 0.4) is 0 Å². The third kappa shape index (κ3) is 2.77. The van der Waals surface area contributed by atoms with Crippen molar-refractivity contribution in [1.29, 1.82) is 0 Å². The lowest BCUT2D eigenvalue weighted by atomic mass is 10.1. The average Bonchev–Trinajstić information content (AvgIpc) is 2.38. The monoisotopic (exact) mass is 285 g/mol. The molecule has 0 saturated carbocycles. The maximum absolute atomic E-state index is 11.2. The number of benzene rings is 1. The van der Waals surface area contributed by atoms with E-state index in [1.807, 2.05) is 0 Å². The molecule has 2 N–H and O–H groups in total. The van der Waals surface area contributed by atoms with Gasteiger partial charge in [0, 0.05) is 30.7 Å². The van der Waals surface area contributed by atoms with E-state index >= 15 is 0 Å². The van der Waals surface area contributed by atoms with Crippen molar-refractivity contribution in [3.8, 4) is 0 Å². The number of anilines is 1. The van der Waals surface area contributed by atoms with Gasteiger partial charge < -0.3 is 15.3 Å². The average molecular weight is 286 g/mol. The fraction of sp³-hybridized carbons (Fsp3) is 0.364. The van der Waals surface area contributed by atoms with Gasteiger partial charge in [-0.05, 0) is 12.1 Å². The standard InChI is InChI=1S/C11H12ClN3O4/c12-7-1-2-8(9(5-7)15(18)19)14-4-3-13-6-10(14)11(16)17/h1-2,5,10,13H,3-4,6H2,(H,16,17). The summed E-state index contributed by atoms with van der Waals surface area (Å²) in [7, 11) is 0. The van der Waals surface area contributed by atoms with Crippen LogP contribution >= 0.6 is 11.6 Å². The van der Waals surface area contributed by atoms with E-state index in [4.69, 9.17) is 11.6 Å². The number of nitro groups is 1. The van der Waals surface area contributed by atoms with Gasteiger partial charge in [-0.3, -0.25) is 10.1 Å². The summed E-state index contributed by atoms with van der Waals surface area (Å²) in [6.45, 7) is 1.21. The van der Waals surface area contributed by atoms with Crippen molar-refractivity contribution >= 4 is 28.9 Å². The van der Waals surface area contributed by atoms with E-state index in [-0.39, 0.29) is 22.9 Å². The van der Waals surface area contributed by atoms with Crippen molar-refractivity contribution in [2.24, 2.45) is 0 Å². The molecule has 1 aromatic rings. The third-order valence-corrected chi connectivity index (χ3v) is 3.21. The zero-order valence-corrected chi connectivity index (χ0v) is 10.6. The van der Waals surface area contributed by atoms with E-state index in [1.54, 1.807) is 0 Å². The maximum atomic E-state index is 11.2. The largest absolute Gasteiger partial charge is 0.480 e. The number of carboxylic acids is 1. The highest BCUT2D eigenvalue weighted by molar-refractivity contribution is 6.30. The summed E-state index contributed by atoms with van der Waals surface area (Å²) in [5.41, 5.74) is 0.101. The number of nitro benzene ring substituents is 1. The van der Waals surface area contributed by atoms with Gasteiger partial charge in [-0.2, -0.15) is 0 Å². The molecule has 0 bridgehead atoms. The molecular weight excluding hydrogens is 274 g/mol. The minimum Gasteiger partial charge on any atom is -0.480 e. The zero-order valence-electron chi connectivity index (χ0n) is 9.88. The second-order valence-electron chi connectivity index (χ2n) is 4.14. The summed E-state index contributed by atoms with van der Waals surface area (Å²) in [4.78, 5) is 23.2. The van der Waals surface area contributed by atoms with Gasteiger partial charge in [-0.25, -0.2) is 4.79 Å². The number of hydrogen-bond donors (Lipinski definition) is 2. The Hall–Kier alpha value is -1.86. The summed E-state index contributed by atoms with van der Waals surface area (Å²) in [5.74, 6) is -1.02. The van der Waals surface area contributed by atoms with E-state index < -0.39 is 16.9 Å². The van der Waals surface area contributed by atoms with Gasteiger partial charge in [0.25, 0.3) is 5.69 Å². The number of piperazine rings is 1. The van der Waals surface area contributed by atoms with Gasteiger partial charge in [0.1, 0.15) is 11.7 Å². The van der Waals surface area contributed by atoms with Crippen LogP contribution in [0.5, 0.6) is 0 Å². The highest BCUT2D eigenvalue weighted by atomic mass is 35.5. The molecule has 7 nitrogen and oxygen atoms in total. The molecule has 2 rings (SSSR count). The number of carboxylic acid groups (broad SMARTS) is 1. The maximum Gasteiger partial charge on any atom is 0.327 e. The van der Waals surface area contributed by atoms with Crippen molar-refractivity contribution < 1.29 is 14.8 Å². The lowest BCUT2D eigenvalue weighted by molar-refractivity contribution is -0.384. The first-order valence-corrected chi connectivity index (χ1v) is 6.02. The van der Waals surface area contributed by atoms with Crippen molar-refractivity contribution in [2.45, 2.75) is 6.04 Å². The number of hydrogen-bond acceptors (Lipinski definition) is 5. The first kappa shape index (κ1) is 13.6. The fourth-order valence-electron chi connectivity index (χ4n) is 2.10. The normalized spacial score (nSPS) is 19.2. The zero-order chi connectivity index (χ0) is 14.0. The number of aliphatic carboxylic acids is 1. The Morgan fingerprint density at radius 3 is 2.95 bits per heavy atom. The lowest BCUT2D eigenvalue weighted by Gasteiger charge is -2.34. The van der Waals surface area contributed by atoms with Gasteiger partial charge in [0.2, 0.25) is 0 Å². The second kappa shape index (κ2) is 5.41. The van der Waals surface area contributed by atoms with Gasteiger partial charge in [0.05, 0.1) is 4.92 Å². The molecule has 0 spiro atoms. The predicted molar refractivity (Wildman–Crippen MR) is 69.7 cm³/mol. The summed E-state index contributed by atoms with van der Waals surface area (Å²) < 4.78 is 0. The van der Waals surface area contributed by atoms with Crippen LogP contribution in [0, 0.1) is 10.1 Å². The van der Waals surface area contributed by atoms with Crippen molar-refractivity contribution in [3.63, 3.8) is 0 Å². The van der Waals surface area contributed by atoms with Crippen LogP contribution in [0.2, 0.25) is 5.02 Å². The molecule has 1 saturated heterocycles. The molecule has 19 heavy (non-hydrogen) atoms. The van der Waals surface area contributed by atoms with E-state index in [2.05, 4.69) is 5.32 Å². The van der Waals surface area contributed by atoms with Crippen LogP contribution in [-0.2, 0) is 4.79 Å². The topological polar surface area (TPSA) is 95.7 Å². The summed E-state index contributed by atoms with van der Waals surface area (Å²) in [6.07, 6.45) is 0. The van der Waals surface area contributed by atoms with Gasteiger partial charge in [-0.15, -0.1) is 0 Å². The van der Waals surface area contributed by atoms with Crippen LogP contribution in [0.1, 0.15) is 0 Å². The minimum atomic E-state index is -1.02. The fourth-order valence-corrected chi connectivity index (χ4v) is 2.27. The van der Waals surface area contributed by atoms with E-state index in [9.17, 15) is 20.0 Å². The number of nitrogens with one attached hydrogen (secondary N) is 1. The van der Waals surface area contributed by atoms with Crippen LogP contribution in [0.4, 0.5) is 11.4 Å². The summed E-state index contributed by atoms with van der Waals surface area (Å²) >= 11 is 5.75. The molecule has 0 aromatic heterocycles. The number of nitrogens with zero attached hydrogens (tertiary/aromatic N) is 2. The predicted octanol–water partition coefficient (Wildman–Crippen LogP) is 1.11. The molecule has 1 unspecified atom stereocenters. The molecule has 0 aliphatic carbocycles. The van der Waals surface area contributed by atoms with Crippen molar-refractivity contribution in [1.82, 2.24) is 5.32 Å². The molecule has 0 radical (unpaired) electrons. The molecule has 1 aliphatic heterocycles. The molecule has 1 aromatic carbocycles. The molecule has 0 amide bonds. The van der Waals surface area contributed by atoms with Crippen LogP contribution in [0.15, 0.2) is 18.2 Å². The Labute approximate surface area is 113 Å². The SMILES string of the molecule is O=C(O)C1CNCCN1c1ccc(Cl)cc1[N+](=O)[O-]. The number of rotatable bonds is 3. The molecule has 1 atom stereocenters. The number of halogens is 1. The molecular formula is C11H12ClN3O4. The lowest BCUT2D eigenvalue weighted by Crippen LogP contribution is -2.55. The first-order valence-electron chi connectivity index (χ1n) is 5.65. The third-order valence-electron chi connectivity index (χ3n) is 2.97. The molecule has 1 aliphatic rings. The van der Waals surface area contributed by atoms with Crippen LogP contribution in [0.25, 0.3) is 0 Å². The van der Waals surface area contributed by atoms with Gasteiger partial charge in [-0.1, -0.05) is 11.6 Å². The van der Waals surface area contributed by atoms with Crippen LogP contribution in [-0.4, -0.2) is 41.7 Å². The Kier molecular flexibility index (Phi) is 3.87. The molecule has 102 valence electrons. The minimum absolute atomic E-state index is 0.180. The molecule has 1 heterocycles. The quantitative estimate of drug-likeness (QED) is 0.638. The van der Waals surface area contributed by atoms with Crippen LogP contribution < -0.4 is 10.2 Å². The van der Waals surface area contributed by atoms with E-state index in [1.165, 1.54) is 23.1 Å². The van der Waals surface area contributed by atoms with Gasteiger partial charge >= 0.3 is 5.97 Å². The van der Waals surface area contributed by atoms with E-state index in [0.717, 1.165) is 0 Å². The van der Waals surface area contributed by atoms with Gasteiger partial charge in [0.15, 0.2) is 0 Å². The summed E-state index contributed by atoms with van der Waals surface area (Å²) in [5, 5.41) is 23.4. The Balaban J connectivity index is 2.44. The second-order valence-corrected chi connectivity index (χ2v) is 4.58. The number of carbonyl (C=O) groups is 1. The summed E-state index contributed by atoms with van der Waals surface area (Å²) in [6, 6.07) is 3.42. The molecule has 8 heteroatoms. The van der Waals surface area contributed by atoms with E-state index in [0.29, 0.717) is 13.1 Å². The Morgan fingerprint density at radius 2 is 2.32 bits per heavy atom. The van der Waals surface area contributed by atoms with Crippen molar-refractivity contribution in [3.05, 3.63) is 33.3 Å². The molecule has 1 fully saturated rings. The van der Waals surface area contributed by atoms with Crippen molar-refractivity contribution in [2.75, 3.05) is 24.5 Å². The first-order chi connectivity index (χ1) is 9.00. The smallest absolute Gasteiger partial charge is 0.327 e. The Morgan fingerprint density at radius 1 is 1.58 bits per heavy atom. The highest BCUT2D eigenvalue weighted by Gasteiger charge is 2.32.